The molecule has 0 aromatic heterocycles. The number of aromatic hydroxyl groups is 1. The van der Waals surface area contributed by atoms with Crippen LogP contribution in [0, 0.1) is 5.41 Å². The van der Waals surface area contributed by atoms with E-state index in [4.69, 9.17) is 10.5 Å². The van der Waals surface area contributed by atoms with Crippen molar-refractivity contribution < 1.29 is 14.6 Å². The number of nitrogens with one attached hydrogen (secondary N) is 1. The number of ether oxygens (including phenoxy) is 1. The third-order valence-corrected chi connectivity index (χ3v) is 3.77. The van der Waals surface area contributed by atoms with Crippen LogP contribution in [0.1, 0.15) is 29.6 Å². The molecule has 0 unspecified atom stereocenters. The van der Waals surface area contributed by atoms with Crippen molar-refractivity contribution in [3.8, 4) is 5.75 Å². The lowest BCUT2D eigenvalue weighted by Crippen LogP contribution is -2.45. The lowest BCUT2D eigenvalue weighted by molar-refractivity contribution is 0.0180. The summed E-state index contributed by atoms with van der Waals surface area (Å²) in [4.78, 5) is 12.1. The molecule has 19 heavy (non-hydrogen) atoms. The highest BCUT2D eigenvalue weighted by Crippen LogP contribution is 2.40. The first-order valence-electron chi connectivity index (χ1n) is 6.42. The lowest BCUT2D eigenvalue weighted by atomic mass is 9.69. The molecule has 4 N–H and O–H groups in total. The second-order valence-electron chi connectivity index (χ2n) is 5.24. The maximum Gasteiger partial charge on any atom is 0.253 e. The zero-order valence-corrected chi connectivity index (χ0v) is 11.1. The molecule has 0 radical (unpaired) electrons. The summed E-state index contributed by atoms with van der Waals surface area (Å²) in [5, 5.41) is 12.3. The minimum Gasteiger partial charge on any atom is -0.508 e. The van der Waals surface area contributed by atoms with Crippen molar-refractivity contribution in [1.29, 1.82) is 0 Å². The van der Waals surface area contributed by atoms with Crippen LogP contribution >= 0.6 is 0 Å². The molecule has 0 heterocycles. The van der Waals surface area contributed by atoms with Gasteiger partial charge in [-0.2, -0.15) is 0 Å². The Hall–Kier alpha value is -1.75. The maximum atomic E-state index is 12.1. The number of nitrogens with two attached hydrogens (primary N) is 1. The minimum absolute atomic E-state index is 0.0367. The van der Waals surface area contributed by atoms with Gasteiger partial charge < -0.3 is 20.9 Å². The molecule has 2 rings (SSSR count). The predicted molar refractivity (Wildman–Crippen MR) is 73.0 cm³/mol. The van der Waals surface area contributed by atoms with Crippen LogP contribution in [0.5, 0.6) is 5.75 Å². The second-order valence-corrected chi connectivity index (χ2v) is 5.24. The molecular formula is C14H20N2O3. The van der Waals surface area contributed by atoms with Crippen molar-refractivity contribution in [2.75, 3.05) is 26.0 Å². The Morgan fingerprint density at radius 2 is 2.26 bits per heavy atom. The molecule has 1 aliphatic rings. The van der Waals surface area contributed by atoms with Crippen molar-refractivity contribution >= 4 is 11.6 Å². The van der Waals surface area contributed by atoms with Crippen molar-refractivity contribution in [3.05, 3.63) is 23.8 Å². The highest BCUT2D eigenvalue weighted by molar-refractivity contribution is 5.99. The van der Waals surface area contributed by atoms with Gasteiger partial charge in [-0.3, -0.25) is 4.79 Å². The number of anilines is 1. The molecule has 1 amide bonds. The summed E-state index contributed by atoms with van der Waals surface area (Å²) < 4.78 is 5.21. The number of carbonyl (C=O) groups is 1. The number of carbonyl (C=O) groups excluding carboxylic acids is 1. The van der Waals surface area contributed by atoms with E-state index in [1.54, 1.807) is 7.11 Å². The summed E-state index contributed by atoms with van der Waals surface area (Å²) in [6.45, 7) is 1.23. The van der Waals surface area contributed by atoms with Crippen molar-refractivity contribution in [2.45, 2.75) is 19.3 Å². The monoisotopic (exact) mass is 264 g/mol. The van der Waals surface area contributed by atoms with Crippen molar-refractivity contribution in [3.63, 3.8) is 0 Å². The summed E-state index contributed by atoms with van der Waals surface area (Å²) in [7, 11) is 1.68. The maximum absolute atomic E-state index is 12.1. The fourth-order valence-electron chi connectivity index (χ4n) is 2.46. The third kappa shape index (κ3) is 2.98. The number of phenolic OH excluding ortho intramolecular Hbond substituents is 1. The Labute approximate surface area is 112 Å². The van der Waals surface area contributed by atoms with E-state index < -0.39 is 0 Å². The van der Waals surface area contributed by atoms with Gasteiger partial charge in [0.1, 0.15) is 5.75 Å². The SMILES string of the molecule is COCC1(CNC(=O)c2cc(O)ccc2N)CCC1. The summed E-state index contributed by atoms with van der Waals surface area (Å²) in [6, 6.07) is 4.37. The number of nitrogen functional groups attached to an aromatic ring is 1. The number of hydrogen-bond acceptors (Lipinski definition) is 4. The summed E-state index contributed by atoms with van der Waals surface area (Å²) in [5.41, 5.74) is 6.48. The molecule has 1 saturated carbocycles. The van der Waals surface area contributed by atoms with Gasteiger partial charge in [-0.15, -0.1) is 0 Å². The van der Waals surface area contributed by atoms with Crippen LogP contribution in [0.2, 0.25) is 0 Å². The highest BCUT2D eigenvalue weighted by atomic mass is 16.5. The van der Waals surface area contributed by atoms with Gasteiger partial charge in [0.25, 0.3) is 5.91 Å². The zero-order chi connectivity index (χ0) is 13.9. The number of hydrogen-bond donors (Lipinski definition) is 3. The molecule has 0 aliphatic heterocycles. The molecule has 104 valence electrons. The molecule has 1 fully saturated rings. The molecule has 0 spiro atoms. The van der Waals surface area contributed by atoms with Gasteiger partial charge in [-0.25, -0.2) is 0 Å². The third-order valence-electron chi connectivity index (χ3n) is 3.77. The zero-order valence-electron chi connectivity index (χ0n) is 11.1. The highest BCUT2D eigenvalue weighted by Gasteiger charge is 2.37. The molecule has 0 bridgehead atoms. The normalized spacial score (nSPS) is 16.7. The van der Waals surface area contributed by atoms with Gasteiger partial charge in [0.15, 0.2) is 0 Å². The Morgan fingerprint density at radius 1 is 1.53 bits per heavy atom. The molecule has 5 nitrogen and oxygen atoms in total. The Balaban J connectivity index is 1.99. The van der Waals surface area contributed by atoms with Gasteiger partial charge in [0, 0.05) is 24.8 Å². The first kappa shape index (κ1) is 13.7. The number of benzene rings is 1. The Morgan fingerprint density at radius 3 is 2.84 bits per heavy atom. The second kappa shape index (κ2) is 5.48. The minimum atomic E-state index is -0.254. The van der Waals surface area contributed by atoms with Crippen LogP contribution in [0.3, 0.4) is 0 Å². The van der Waals surface area contributed by atoms with E-state index in [1.807, 2.05) is 0 Å². The first-order valence-corrected chi connectivity index (χ1v) is 6.42. The van der Waals surface area contributed by atoms with Gasteiger partial charge >= 0.3 is 0 Å². The van der Waals surface area contributed by atoms with Crippen molar-refractivity contribution in [1.82, 2.24) is 5.32 Å². The van der Waals surface area contributed by atoms with Crippen LogP contribution in [0.25, 0.3) is 0 Å². The van der Waals surface area contributed by atoms with E-state index in [9.17, 15) is 9.90 Å². The lowest BCUT2D eigenvalue weighted by Gasteiger charge is -2.41. The van der Waals surface area contributed by atoms with Gasteiger partial charge in [0.05, 0.1) is 12.2 Å². The van der Waals surface area contributed by atoms with E-state index >= 15 is 0 Å². The summed E-state index contributed by atoms with van der Waals surface area (Å²) in [6.07, 6.45) is 3.31. The first-order chi connectivity index (χ1) is 9.06. The molecule has 1 aliphatic carbocycles. The van der Waals surface area contributed by atoms with E-state index in [0.717, 1.165) is 12.8 Å². The van der Waals surface area contributed by atoms with Crippen molar-refractivity contribution in [2.24, 2.45) is 5.41 Å². The number of amides is 1. The molecule has 1 aromatic carbocycles. The number of phenols is 1. The fraction of sp³-hybridized carbons (Fsp3) is 0.500. The van der Waals surface area contributed by atoms with Gasteiger partial charge in [-0.05, 0) is 31.0 Å². The van der Waals surface area contributed by atoms with Crippen LogP contribution < -0.4 is 11.1 Å². The number of rotatable bonds is 5. The molecular weight excluding hydrogens is 244 g/mol. The average Bonchev–Trinajstić information content (AvgIpc) is 2.35. The number of methoxy groups -OCH3 is 1. The summed E-state index contributed by atoms with van der Waals surface area (Å²) in [5.74, 6) is -0.217. The smallest absolute Gasteiger partial charge is 0.253 e. The largest absolute Gasteiger partial charge is 0.508 e. The van der Waals surface area contributed by atoms with E-state index in [1.165, 1.54) is 24.6 Å². The standard InChI is InChI=1S/C14H20N2O3/c1-19-9-14(5-2-6-14)8-16-13(18)11-7-10(17)3-4-12(11)15/h3-4,7,17H,2,5-6,8-9,15H2,1H3,(H,16,18). The van der Waals surface area contributed by atoms with E-state index in [-0.39, 0.29) is 17.1 Å². The van der Waals surface area contributed by atoms with Crippen LogP contribution in [0.15, 0.2) is 18.2 Å². The quantitative estimate of drug-likeness (QED) is 0.556. The van der Waals surface area contributed by atoms with E-state index in [2.05, 4.69) is 5.32 Å². The molecule has 0 saturated heterocycles. The van der Waals surface area contributed by atoms with Gasteiger partial charge in [0.2, 0.25) is 0 Å². The van der Waals surface area contributed by atoms with Crippen LogP contribution in [-0.4, -0.2) is 31.3 Å². The van der Waals surface area contributed by atoms with Gasteiger partial charge in [-0.1, -0.05) is 6.42 Å². The molecule has 0 atom stereocenters. The molecule has 5 heteroatoms. The van der Waals surface area contributed by atoms with Crippen LogP contribution in [-0.2, 0) is 4.74 Å². The topological polar surface area (TPSA) is 84.6 Å². The Bertz CT molecular complexity index is 470. The predicted octanol–water partition coefficient (Wildman–Crippen LogP) is 1.52. The Kier molecular flexibility index (Phi) is 3.95. The van der Waals surface area contributed by atoms with E-state index in [0.29, 0.717) is 24.4 Å². The van der Waals surface area contributed by atoms with Crippen LogP contribution in [0.4, 0.5) is 5.69 Å². The summed E-state index contributed by atoms with van der Waals surface area (Å²) >= 11 is 0. The average molecular weight is 264 g/mol. The molecule has 1 aromatic rings. The fourth-order valence-corrected chi connectivity index (χ4v) is 2.46.